The molecule has 2 saturated carbocycles. The van der Waals surface area contributed by atoms with Crippen LogP contribution in [0.25, 0.3) is 0 Å². The van der Waals surface area contributed by atoms with Crippen LogP contribution in [0.15, 0.2) is 24.6 Å². The summed E-state index contributed by atoms with van der Waals surface area (Å²) < 4.78 is 0. The number of rotatable bonds is 1. The summed E-state index contributed by atoms with van der Waals surface area (Å²) in [5.74, 6) is 1.74. The van der Waals surface area contributed by atoms with Crippen molar-refractivity contribution in [1.29, 1.82) is 0 Å². The maximum Gasteiger partial charge on any atom is 0.0112 e. The Balaban J connectivity index is 1.81. The van der Waals surface area contributed by atoms with E-state index in [-0.39, 0.29) is 0 Å². The van der Waals surface area contributed by atoms with Crippen LogP contribution in [0.4, 0.5) is 0 Å². The first kappa shape index (κ1) is 11.4. The highest BCUT2D eigenvalue weighted by molar-refractivity contribution is 5.17. The van der Waals surface area contributed by atoms with Gasteiger partial charge in [0.15, 0.2) is 0 Å². The van der Waals surface area contributed by atoms with E-state index < -0.39 is 0 Å². The lowest BCUT2D eigenvalue weighted by Crippen LogP contribution is -2.43. The third kappa shape index (κ3) is 1.94. The van der Waals surface area contributed by atoms with Crippen LogP contribution in [0.5, 0.6) is 0 Å². The molecular weight excluding hydrogens is 206 g/mol. The first-order valence-electron chi connectivity index (χ1n) is 7.33. The quantitative estimate of drug-likeness (QED) is 0.706. The average Bonchev–Trinajstić information content (AvgIpc) is 2.28. The zero-order valence-corrected chi connectivity index (χ0v) is 10.9. The van der Waals surface area contributed by atoms with Gasteiger partial charge in [0.05, 0.1) is 0 Å². The lowest BCUT2D eigenvalue weighted by Gasteiger charge is -2.52. The molecule has 1 N–H and O–H groups in total. The Labute approximate surface area is 105 Å². The fourth-order valence-electron chi connectivity index (χ4n) is 4.77. The molecule has 17 heavy (non-hydrogen) atoms. The van der Waals surface area contributed by atoms with Gasteiger partial charge in [-0.15, -0.1) is 0 Å². The van der Waals surface area contributed by atoms with Crippen LogP contribution in [0.2, 0.25) is 0 Å². The van der Waals surface area contributed by atoms with Crippen LogP contribution < -0.4 is 5.32 Å². The van der Waals surface area contributed by atoms with Gasteiger partial charge in [-0.25, -0.2) is 0 Å². The first-order valence-corrected chi connectivity index (χ1v) is 7.33. The van der Waals surface area contributed by atoms with Crippen LogP contribution >= 0.6 is 0 Å². The van der Waals surface area contributed by atoms with Crippen molar-refractivity contribution in [1.82, 2.24) is 5.32 Å². The Morgan fingerprint density at radius 3 is 2.41 bits per heavy atom. The minimum absolute atomic E-state index is 0.603. The lowest BCUT2D eigenvalue weighted by molar-refractivity contribution is 0.0235. The summed E-state index contributed by atoms with van der Waals surface area (Å²) in [5.41, 5.74) is 3.04. The van der Waals surface area contributed by atoms with E-state index >= 15 is 0 Å². The molecule has 0 radical (unpaired) electrons. The summed E-state index contributed by atoms with van der Waals surface area (Å²) in [7, 11) is 0. The van der Waals surface area contributed by atoms with Gasteiger partial charge in [0.25, 0.3) is 0 Å². The van der Waals surface area contributed by atoms with Gasteiger partial charge in [-0.3, -0.25) is 0 Å². The molecule has 1 nitrogen and oxygen atoms in total. The number of hydrogen-bond donors (Lipinski definition) is 1. The number of hydrogen-bond acceptors (Lipinski definition) is 1. The van der Waals surface area contributed by atoms with Crippen LogP contribution in [0.3, 0.4) is 0 Å². The molecule has 1 unspecified atom stereocenters. The van der Waals surface area contributed by atoms with Crippen LogP contribution in [0, 0.1) is 17.3 Å². The van der Waals surface area contributed by atoms with Crippen molar-refractivity contribution in [2.24, 2.45) is 17.3 Å². The molecule has 94 valence electrons. The van der Waals surface area contributed by atoms with E-state index in [2.05, 4.69) is 18.5 Å². The predicted molar refractivity (Wildman–Crippen MR) is 72.4 cm³/mol. The van der Waals surface area contributed by atoms with Crippen molar-refractivity contribution < 1.29 is 0 Å². The van der Waals surface area contributed by atoms with Crippen molar-refractivity contribution in [3.8, 4) is 0 Å². The highest BCUT2D eigenvalue weighted by Crippen LogP contribution is 2.56. The fourth-order valence-corrected chi connectivity index (χ4v) is 4.77. The summed E-state index contributed by atoms with van der Waals surface area (Å²) in [6.07, 6.45) is 12.7. The SMILES string of the molecule is C=C1CCC(C23CCCC(CCC2)C3)C(=C)N1. The number of fused-ring (bicyclic) bond motifs is 2. The second-order valence-corrected chi connectivity index (χ2v) is 6.56. The molecule has 1 heteroatoms. The molecule has 1 aliphatic heterocycles. The van der Waals surface area contributed by atoms with Gasteiger partial charge >= 0.3 is 0 Å². The van der Waals surface area contributed by atoms with Crippen LogP contribution in [-0.4, -0.2) is 0 Å². The Hall–Kier alpha value is -0.720. The zero-order valence-electron chi connectivity index (χ0n) is 10.9. The average molecular weight is 231 g/mol. The van der Waals surface area contributed by atoms with Gasteiger partial charge < -0.3 is 5.32 Å². The molecule has 1 saturated heterocycles. The summed E-state index contributed by atoms with van der Waals surface area (Å²) in [6, 6.07) is 0. The summed E-state index contributed by atoms with van der Waals surface area (Å²) in [4.78, 5) is 0. The van der Waals surface area contributed by atoms with E-state index in [0.717, 1.165) is 18.3 Å². The molecular formula is C16H25N. The van der Waals surface area contributed by atoms with E-state index in [1.54, 1.807) is 0 Å². The Morgan fingerprint density at radius 2 is 1.76 bits per heavy atom. The third-order valence-corrected chi connectivity index (χ3v) is 5.50. The van der Waals surface area contributed by atoms with E-state index in [0.29, 0.717) is 5.41 Å². The molecule has 3 rings (SSSR count). The molecule has 3 aliphatic rings. The summed E-state index contributed by atoms with van der Waals surface area (Å²) in [5, 5.41) is 3.44. The number of allylic oxidation sites excluding steroid dienone is 2. The monoisotopic (exact) mass is 231 g/mol. The van der Waals surface area contributed by atoms with Gasteiger partial charge in [-0.2, -0.15) is 0 Å². The lowest BCUT2D eigenvalue weighted by atomic mass is 9.55. The third-order valence-electron chi connectivity index (χ3n) is 5.50. The number of piperidine rings is 1. The second kappa shape index (κ2) is 4.19. The van der Waals surface area contributed by atoms with Crippen molar-refractivity contribution in [3.63, 3.8) is 0 Å². The van der Waals surface area contributed by atoms with Gasteiger partial charge in [-0.1, -0.05) is 38.8 Å². The highest BCUT2D eigenvalue weighted by Gasteiger charge is 2.46. The highest BCUT2D eigenvalue weighted by atomic mass is 14.9. The smallest absolute Gasteiger partial charge is 0.0112 e. The molecule has 0 amide bonds. The molecule has 0 aromatic heterocycles. The maximum atomic E-state index is 4.29. The largest absolute Gasteiger partial charge is 0.363 e. The standard InChI is InChI=1S/C16H25N/c1-12-7-8-15(13(2)17-12)16-9-3-5-14(11-16)6-4-10-16/h14-15,17H,1-11H2. The van der Waals surface area contributed by atoms with Crippen molar-refractivity contribution in [3.05, 3.63) is 24.6 Å². The van der Waals surface area contributed by atoms with E-state index in [1.165, 1.54) is 62.8 Å². The summed E-state index contributed by atoms with van der Waals surface area (Å²) >= 11 is 0. The molecule has 2 aliphatic carbocycles. The second-order valence-electron chi connectivity index (χ2n) is 6.56. The Morgan fingerprint density at radius 1 is 1.06 bits per heavy atom. The first-order chi connectivity index (χ1) is 8.20. The fraction of sp³-hybridized carbons (Fsp3) is 0.750. The summed E-state index contributed by atoms with van der Waals surface area (Å²) in [6.45, 7) is 8.34. The molecule has 0 aromatic carbocycles. The van der Waals surface area contributed by atoms with E-state index in [4.69, 9.17) is 0 Å². The van der Waals surface area contributed by atoms with Gasteiger partial charge in [0.2, 0.25) is 0 Å². The van der Waals surface area contributed by atoms with Crippen molar-refractivity contribution in [2.45, 2.75) is 57.8 Å². The van der Waals surface area contributed by atoms with Crippen molar-refractivity contribution >= 4 is 0 Å². The minimum Gasteiger partial charge on any atom is -0.363 e. The molecule has 0 aromatic rings. The zero-order chi connectivity index (χ0) is 11.9. The number of nitrogens with one attached hydrogen (secondary N) is 1. The molecule has 0 spiro atoms. The predicted octanol–water partition coefficient (Wildman–Crippen LogP) is 4.37. The van der Waals surface area contributed by atoms with Crippen LogP contribution in [0.1, 0.15) is 57.8 Å². The van der Waals surface area contributed by atoms with Crippen LogP contribution in [-0.2, 0) is 0 Å². The molecule has 3 fully saturated rings. The Kier molecular flexibility index (Phi) is 2.80. The van der Waals surface area contributed by atoms with Gasteiger partial charge in [0.1, 0.15) is 0 Å². The molecule has 1 atom stereocenters. The molecule has 2 bridgehead atoms. The van der Waals surface area contributed by atoms with Gasteiger partial charge in [0, 0.05) is 17.3 Å². The Bertz CT molecular complexity index is 331. The van der Waals surface area contributed by atoms with Crippen molar-refractivity contribution in [2.75, 3.05) is 0 Å². The van der Waals surface area contributed by atoms with E-state index in [1.807, 2.05) is 0 Å². The maximum absolute atomic E-state index is 4.29. The minimum atomic E-state index is 0.603. The topological polar surface area (TPSA) is 12.0 Å². The molecule has 1 heterocycles. The van der Waals surface area contributed by atoms with Gasteiger partial charge in [-0.05, 0) is 43.4 Å². The normalized spacial score (nSPS) is 42.1. The van der Waals surface area contributed by atoms with E-state index in [9.17, 15) is 0 Å².